The number of carbonyl (C=O) groups excluding carboxylic acids is 1. The molecule has 2 N–H and O–H groups in total. The van der Waals surface area contributed by atoms with Crippen LogP contribution in [0, 0.1) is 17.8 Å². The van der Waals surface area contributed by atoms with Crippen LogP contribution < -0.4 is 5.32 Å². The third kappa shape index (κ3) is 3.96. The SMILES string of the molecule is CC1CCC(C(C)C)C(NC(=O)C2CCC(C(=O)O)O2)C1. The number of rotatable bonds is 4. The topological polar surface area (TPSA) is 75.6 Å². The van der Waals surface area contributed by atoms with E-state index < -0.39 is 18.2 Å². The molecule has 1 aliphatic heterocycles. The van der Waals surface area contributed by atoms with Crippen LogP contribution in [0.1, 0.15) is 52.9 Å². The van der Waals surface area contributed by atoms with Crippen molar-refractivity contribution < 1.29 is 19.4 Å². The van der Waals surface area contributed by atoms with Crippen molar-refractivity contribution in [1.29, 1.82) is 0 Å². The first-order valence-electron chi connectivity index (χ1n) is 8.07. The van der Waals surface area contributed by atoms with Gasteiger partial charge in [-0.2, -0.15) is 0 Å². The number of nitrogens with one attached hydrogen (secondary N) is 1. The number of hydrogen-bond donors (Lipinski definition) is 2. The summed E-state index contributed by atoms with van der Waals surface area (Å²) in [7, 11) is 0. The van der Waals surface area contributed by atoms with Gasteiger partial charge in [-0.25, -0.2) is 4.79 Å². The van der Waals surface area contributed by atoms with E-state index in [0.717, 1.165) is 12.8 Å². The average molecular weight is 297 g/mol. The van der Waals surface area contributed by atoms with Gasteiger partial charge in [-0.05, 0) is 43.4 Å². The number of hydrogen-bond acceptors (Lipinski definition) is 3. The van der Waals surface area contributed by atoms with E-state index in [0.29, 0.717) is 30.6 Å². The van der Waals surface area contributed by atoms with E-state index in [2.05, 4.69) is 26.1 Å². The molecule has 0 spiro atoms. The van der Waals surface area contributed by atoms with Crippen molar-refractivity contribution in [2.45, 2.75) is 71.1 Å². The highest BCUT2D eigenvalue weighted by Crippen LogP contribution is 2.33. The van der Waals surface area contributed by atoms with Gasteiger partial charge in [-0.1, -0.05) is 27.2 Å². The van der Waals surface area contributed by atoms with Crippen LogP contribution >= 0.6 is 0 Å². The second-order valence-electron chi connectivity index (χ2n) is 6.97. The van der Waals surface area contributed by atoms with Crippen molar-refractivity contribution in [2.75, 3.05) is 0 Å². The summed E-state index contributed by atoms with van der Waals surface area (Å²) >= 11 is 0. The summed E-state index contributed by atoms with van der Waals surface area (Å²) in [5.74, 6) is 0.558. The Hall–Kier alpha value is -1.10. The Balaban J connectivity index is 1.92. The van der Waals surface area contributed by atoms with Gasteiger partial charge in [0.1, 0.15) is 6.10 Å². The molecule has 5 nitrogen and oxygen atoms in total. The summed E-state index contributed by atoms with van der Waals surface area (Å²) in [4.78, 5) is 23.2. The fourth-order valence-corrected chi connectivity index (χ4v) is 3.66. The third-order valence-corrected chi connectivity index (χ3v) is 4.94. The molecule has 2 fully saturated rings. The smallest absolute Gasteiger partial charge is 0.332 e. The molecule has 120 valence electrons. The Labute approximate surface area is 126 Å². The molecule has 0 bridgehead atoms. The molecule has 1 aliphatic carbocycles. The fraction of sp³-hybridized carbons (Fsp3) is 0.875. The summed E-state index contributed by atoms with van der Waals surface area (Å²) < 4.78 is 5.34. The third-order valence-electron chi connectivity index (χ3n) is 4.94. The van der Waals surface area contributed by atoms with E-state index in [1.165, 1.54) is 6.42 Å². The van der Waals surface area contributed by atoms with Crippen molar-refractivity contribution >= 4 is 11.9 Å². The van der Waals surface area contributed by atoms with E-state index in [4.69, 9.17) is 9.84 Å². The zero-order valence-electron chi connectivity index (χ0n) is 13.2. The second kappa shape index (κ2) is 6.77. The Morgan fingerprint density at radius 3 is 2.38 bits per heavy atom. The van der Waals surface area contributed by atoms with Crippen LogP contribution in [0.4, 0.5) is 0 Å². The molecule has 1 amide bonds. The Bertz CT molecular complexity index is 396. The highest BCUT2D eigenvalue weighted by molar-refractivity contribution is 5.82. The van der Waals surface area contributed by atoms with Gasteiger partial charge < -0.3 is 15.2 Å². The number of carboxylic acids is 1. The van der Waals surface area contributed by atoms with Gasteiger partial charge in [0.25, 0.3) is 0 Å². The molecule has 1 heterocycles. The average Bonchev–Trinajstić information content (AvgIpc) is 2.88. The Morgan fingerprint density at radius 1 is 1.14 bits per heavy atom. The van der Waals surface area contributed by atoms with E-state index >= 15 is 0 Å². The molecule has 21 heavy (non-hydrogen) atoms. The lowest BCUT2D eigenvalue weighted by molar-refractivity contribution is -0.152. The number of amides is 1. The van der Waals surface area contributed by atoms with Crippen molar-refractivity contribution in [1.82, 2.24) is 5.32 Å². The standard InChI is InChI=1S/C16H27NO4/c1-9(2)11-5-4-10(3)8-12(11)17-15(18)13-6-7-14(21-13)16(19)20/h9-14H,4-8H2,1-3H3,(H,17,18)(H,19,20). The normalized spacial score (nSPS) is 36.7. The molecule has 5 atom stereocenters. The minimum absolute atomic E-state index is 0.136. The summed E-state index contributed by atoms with van der Waals surface area (Å²) in [5.41, 5.74) is 0. The molecule has 2 aliphatic rings. The van der Waals surface area contributed by atoms with E-state index in [1.807, 2.05) is 0 Å². The summed E-state index contributed by atoms with van der Waals surface area (Å²) in [6, 6.07) is 0.189. The van der Waals surface area contributed by atoms with Gasteiger partial charge in [-0.3, -0.25) is 4.79 Å². The van der Waals surface area contributed by atoms with Gasteiger partial charge >= 0.3 is 5.97 Å². The minimum Gasteiger partial charge on any atom is -0.479 e. The lowest BCUT2D eigenvalue weighted by Gasteiger charge is -2.38. The van der Waals surface area contributed by atoms with Crippen LogP contribution in [0.2, 0.25) is 0 Å². The van der Waals surface area contributed by atoms with Crippen molar-refractivity contribution in [3.8, 4) is 0 Å². The van der Waals surface area contributed by atoms with Crippen LogP contribution in [0.15, 0.2) is 0 Å². The van der Waals surface area contributed by atoms with Crippen LogP contribution in [0.5, 0.6) is 0 Å². The number of aliphatic carboxylic acids is 1. The van der Waals surface area contributed by atoms with Crippen molar-refractivity contribution in [2.24, 2.45) is 17.8 Å². The zero-order valence-corrected chi connectivity index (χ0v) is 13.2. The monoisotopic (exact) mass is 297 g/mol. The Morgan fingerprint density at radius 2 is 1.81 bits per heavy atom. The van der Waals surface area contributed by atoms with Crippen LogP contribution in [-0.4, -0.2) is 35.2 Å². The Kier molecular flexibility index (Phi) is 5.25. The maximum absolute atomic E-state index is 12.3. The molecular formula is C16H27NO4. The number of carbonyl (C=O) groups is 2. The van der Waals surface area contributed by atoms with Gasteiger partial charge in [0, 0.05) is 6.04 Å². The molecule has 0 aromatic rings. The molecule has 1 saturated carbocycles. The fourth-order valence-electron chi connectivity index (χ4n) is 3.66. The summed E-state index contributed by atoms with van der Waals surface area (Å²) in [5, 5.41) is 12.1. The van der Waals surface area contributed by atoms with Crippen molar-refractivity contribution in [3.05, 3.63) is 0 Å². The highest BCUT2D eigenvalue weighted by atomic mass is 16.5. The van der Waals surface area contributed by atoms with E-state index in [9.17, 15) is 9.59 Å². The van der Waals surface area contributed by atoms with Crippen molar-refractivity contribution in [3.63, 3.8) is 0 Å². The molecule has 5 heteroatoms. The van der Waals surface area contributed by atoms with Gasteiger partial charge in [0.2, 0.25) is 5.91 Å². The van der Waals surface area contributed by atoms with E-state index in [1.54, 1.807) is 0 Å². The lowest BCUT2D eigenvalue weighted by Crippen LogP contribution is -2.49. The maximum Gasteiger partial charge on any atom is 0.332 e. The van der Waals surface area contributed by atoms with Crippen LogP contribution in [-0.2, 0) is 14.3 Å². The lowest BCUT2D eigenvalue weighted by atomic mass is 9.74. The molecule has 0 aromatic heterocycles. The number of ether oxygens (including phenoxy) is 1. The van der Waals surface area contributed by atoms with Crippen LogP contribution in [0.3, 0.4) is 0 Å². The first-order valence-corrected chi connectivity index (χ1v) is 8.07. The molecule has 0 radical (unpaired) electrons. The molecular weight excluding hydrogens is 270 g/mol. The molecule has 0 aromatic carbocycles. The zero-order chi connectivity index (χ0) is 15.6. The maximum atomic E-state index is 12.3. The van der Waals surface area contributed by atoms with Gasteiger partial charge in [-0.15, -0.1) is 0 Å². The summed E-state index contributed by atoms with van der Waals surface area (Å²) in [6.07, 6.45) is 2.86. The van der Waals surface area contributed by atoms with E-state index in [-0.39, 0.29) is 11.9 Å². The number of carboxylic acid groups (broad SMARTS) is 1. The van der Waals surface area contributed by atoms with Gasteiger partial charge in [0.05, 0.1) is 0 Å². The summed E-state index contributed by atoms with van der Waals surface area (Å²) in [6.45, 7) is 6.63. The van der Waals surface area contributed by atoms with Gasteiger partial charge in [0.15, 0.2) is 6.10 Å². The predicted octanol–water partition coefficient (Wildman–Crippen LogP) is 2.20. The molecule has 5 unspecified atom stereocenters. The van der Waals surface area contributed by atoms with Crippen LogP contribution in [0.25, 0.3) is 0 Å². The minimum atomic E-state index is -0.975. The molecule has 2 rings (SSSR count). The largest absolute Gasteiger partial charge is 0.479 e. The predicted molar refractivity (Wildman–Crippen MR) is 78.8 cm³/mol. The quantitative estimate of drug-likeness (QED) is 0.834. The first kappa shape index (κ1) is 16.3. The highest BCUT2D eigenvalue weighted by Gasteiger charge is 2.37. The second-order valence-corrected chi connectivity index (χ2v) is 6.97. The molecule has 1 saturated heterocycles. The first-order chi connectivity index (χ1) is 9.88.